The van der Waals surface area contributed by atoms with Crippen molar-refractivity contribution in [2.24, 2.45) is 0 Å². The zero-order valence-corrected chi connectivity index (χ0v) is 14.0. The minimum atomic E-state index is 0.0643. The maximum absolute atomic E-state index is 6.17. The van der Waals surface area contributed by atoms with E-state index in [0.29, 0.717) is 0 Å². The van der Waals surface area contributed by atoms with Gasteiger partial charge in [-0.3, -0.25) is 0 Å². The molecule has 0 aliphatic carbocycles. The van der Waals surface area contributed by atoms with Gasteiger partial charge in [0.1, 0.15) is 6.23 Å². The molecule has 1 aliphatic heterocycles. The summed E-state index contributed by atoms with van der Waals surface area (Å²) in [7, 11) is 0. The van der Waals surface area contributed by atoms with Crippen LogP contribution in [0.4, 0.5) is 0 Å². The van der Waals surface area contributed by atoms with Crippen LogP contribution in [0, 0.1) is 3.57 Å². The normalized spacial score (nSPS) is 20.5. The molecule has 1 aromatic heterocycles. The predicted octanol–water partition coefficient (Wildman–Crippen LogP) is 4.76. The molecule has 0 bridgehead atoms. The summed E-state index contributed by atoms with van der Waals surface area (Å²) < 4.78 is 9.69. The van der Waals surface area contributed by atoms with Crippen molar-refractivity contribution in [2.45, 2.75) is 25.5 Å². The van der Waals surface area contributed by atoms with Crippen LogP contribution in [0.15, 0.2) is 16.7 Å². The average molecular weight is 441 g/mol. The Labute approximate surface area is 132 Å². The maximum atomic E-state index is 6.17. The third-order valence-electron chi connectivity index (χ3n) is 3.11. The van der Waals surface area contributed by atoms with Crippen molar-refractivity contribution >= 4 is 61.0 Å². The summed E-state index contributed by atoms with van der Waals surface area (Å²) in [6.45, 7) is 0.820. The van der Waals surface area contributed by atoms with Crippen molar-refractivity contribution < 1.29 is 4.74 Å². The lowest BCUT2D eigenvalue weighted by atomic mass is 10.2. The van der Waals surface area contributed by atoms with E-state index in [-0.39, 0.29) is 6.23 Å². The van der Waals surface area contributed by atoms with Crippen molar-refractivity contribution in [1.82, 2.24) is 9.78 Å². The van der Waals surface area contributed by atoms with Crippen LogP contribution in [0.5, 0.6) is 0 Å². The fourth-order valence-corrected chi connectivity index (χ4v) is 3.44. The maximum Gasteiger partial charge on any atom is 0.150 e. The summed E-state index contributed by atoms with van der Waals surface area (Å²) >= 11 is 12.0. The van der Waals surface area contributed by atoms with Crippen LogP contribution in [0.2, 0.25) is 5.02 Å². The smallest absolute Gasteiger partial charge is 0.150 e. The Hall–Kier alpha value is 0.150. The van der Waals surface area contributed by atoms with Gasteiger partial charge in [0.05, 0.1) is 10.5 Å². The van der Waals surface area contributed by atoms with Crippen molar-refractivity contribution in [3.8, 4) is 0 Å². The molecule has 1 fully saturated rings. The van der Waals surface area contributed by atoms with Gasteiger partial charge in [-0.05, 0) is 63.8 Å². The molecule has 0 N–H and O–H groups in total. The van der Waals surface area contributed by atoms with E-state index < -0.39 is 0 Å². The molecule has 0 amide bonds. The lowest BCUT2D eigenvalue weighted by Crippen LogP contribution is -2.18. The van der Waals surface area contributed by atoms with Crippen LogP contribution < -0.4 is 0 Å². The van der Waals surface area contributed by atoms with E-state index in [1.165, 1.54) is 6.42 Å². The van der Waals surface area contributed by atoms with Crippen molar-refractivity contribution in [1.29, 1.82) is 0 Å². The topological polar surface area (TPSA) is 27.1 Å². The molecule has 1 saturated heterocycles. The first-order valence-electron chi connectivity index (χ1n) is 5.81. The molecule has 1 atom stereocenters. The predicted molar refractivity (Wildman–Crippen MR) is 84.0 cm³/mol. The van der Waals surface area contributed by atoms with Gasteiger partial charge in [-0.15, -0.1) is 0 Å². The Morgan fingerprint density at radius 1 is 1.50 bits per heavy atom. The number of hydrogen-bond acceptors (Lipinski definition) is 2. The highest BCUT2D eigenvalue weighted by Crippen LogP contribution is 2.35. The fourth-order valence-electron chi connectivity index (χ4n) is 2.17. The van der Waals surface area contributed by atoms with Gasteiger partial charge >= 0.3 is 0 Å². The quantitative estimate of drug-likeness (QED) is 0.472. The molecule has 2 heterocycles. The lowest BCUT2D eigenvalue weighted by molar-refractivity contribution is -0.0390. The van der Waals surface area contributed by atoms with Crippen LogP contribution in [-0.4, -0.2) is 16.4 Å². The number of ether oxygens (including phenoxy) is 1. The molecule has 96 valence electrons. The van der Waals surface area contributed by atoms with E-state index >= 15 is 0 Å². The Balaban J connectivity index is 2.07. The third-order valence-corrected chi connectivity index (χ3v) is 6.42. The summed E-state index contributed by atoms with van der Waals surface area (Å²) in [6.07, 6.45) is 5.46. The molecule has 2 aromatic rings. The standard InChI is InChI=1S/C12H11BrClIN2O/c13-11-7-6-17(10-3-1-2-4-18-10)16-9(7)5-8(14)12(11)15/h5-6,10H,1-4H2. The van der Waals surface area contributed by atoms with Gasteiger partial charge < -0.3 is 4.74 Å². The molecule has 0 radical (unpaired) electrons. The van der Waals surface area contributed by atoms with Crippen LogP contribution >= 0.6 is 50.1 Å². The molecule has 1 unspecified atom stereocenters. The summed E-state index contributed by atoms with van der Waals surface area (Å²) in [6, 6.07) is 1.91. The number of fused-ring (bicyclic) bond motifs is 1. The van der Waals surface area contributed by atoms with E-state index in [0.717, 1.165) is 43.4 Å². The first kappa shape index (κ1) is 13.1. The molecule has 1 aromatic carbocycles. The van der Waals surface area contributed by atoms with Crippen molar-refractivity contribution in [3.63, 3.8) is 0 Å². The zero-order valence-electron chi connectivity index (χ0n) is 9.50. The number of halogens is 3. The van der Waals surface area contributed by atoms with Gasteiger partial charge in [0.2, 0.25) is 0 Å². The molecule has 0 spiro atoms. The van der Waals surface area contributed by atoms with Gasteiger partial charge in [0.25, 0.3) is 0 Å². The van der Waals surface area contributed by atoms with Gasteiger partial charge in [-0.2, -0.15) is 5.10 Å². The third kappa shape index (κ3) is 2.30. The zero-order chi connectivity index (χ0) is 12.7. The molecular formula is C12H11BrClIN2O. The van der Waals surface area contributed by atoms with Gasteiger partial charge in [-0.25, -0.2) is 4.68 Å². The number of aromatic nitrogens is 2. The van der Waals surface area contributed by atoms with E-state index in [1.54, 1.807) is 0 Å². The SMILES string of the molecule is Clc1cc2nn(C3CCCCO3)cc2c(Br)c1I. The highest BCUT2D eigenvalue weighted by atomic mass is 127. The van der Waals surface area contributed by atoms with E-state index in [1.807, 2.05) is 16.9 Å². The van der Waals surface area contributed by atoms with Gasteiger partial charge in [-0.1, -0.05) is 11.6 Å². The second kappa shape index (κ2) is 5.26. The first-order chi connectivity index (χ1) is 8.66. The van der Waals surface area contributed by atoms with Crippen LogP contribution in [0.1, 0.15) is 25.5 Å². The Bertz CT molecular complexity index is 595. The van der Waals surface area contributed by atoms with Crippen LogP contribution in [0.3, 0.4) is 0 Å². The molecule has 3 nitrogen and oxygen atoms in total. The van der Waals surface area contributed by atoms with Gasteiger partial charge in [0.15, 0.2) is 0 Å². The van der Waals surface area contributed by atoms with Crippen LogP contribution in [-0.2, 0) is 4.74 Å². The molecule has 0 saturated carbocycles. The minimum Gasteiger partial charge on any atom is -0.357 e. The highest BCUT2D eigenvalue weighted by Gasteiger charge is 2.19. The van der Waals surface area contributed by atoms with Crippen molar-refractivity contribution in [3.05, 3.63) is 25.3 Å². The van der Waals surface area contributed by atoms with Crippen molar-refractivity contribution in [2.75, 3.05) is 6.61 Å². The molecule has 1 aliphatic rings. The summed E-state index contributed by atoms with van der Waals surface area (Å²) in [5.74, 6) is 0. The Kier molecular flexibility index (Phi) is 3.85. The number of rotatable bonds is 1. The van der Waals surface area contributed by atoms with Gasteiger partial charge in [0, 0.05) is 26.2 Å². The number of nitrogens with zero attached hydrogens (tertiary/aromatic N) is 2. The lowest BCUT2D eigenvalue weighted by Gasteiger charge is -2.22. The Morgan fingerprint density at radius 3 is 3.06 bits per heavy atom. The Morgan fingerprint density at radius 2 is 2.33 bits per heavy atom. The largest absolute Gasteiger partial charge is 0.357 e. The second-order valence-corrected chi connectivity index (χ2v) is 6.63. The fraction of sp³-hybridized carbons (Fsp3) is 0.417. The molecule has 18 heavy (non-hydrogen) atoms. The van der Waals surface area contributed by atoms with E-state index in [4.69, 9.17) is 16.3 Å². The van der Waals surface area contributed by atoms with Crippen LogP contribution in [0.25, 0.3) is 10.9 Å². The summed E-state index contributed by atoms with van der Waals surface area (Å²) in [5, 5.41) is 6.38. The first-order valence-corrected chi connectivity index (χ1v) is 8.06. The average Bonchev–Trinajstić information content (AvgIpc) is 2.81. The second-order valence-electron chi connectivity index (χ2n) is 4.35. The molecule has 6 heteroatoms. The summed E-state index contributed by atoms with van der Waals surface area (Å²) in [5.41, 5.74) is 0.904. The number of benzene rings is 1. The van der Waals surface area contributed by atoms with E-state index in [9.17, 15) is 0 Å². The summed E-state index contributed by atoms with van der Waals surface area (Å²) in [4.78, 5) is 0. The van der Waals surface area contributed by atoms with E-state index in [2.05, 4.69) is 43.6 Å². The monoisotopic (exact) mass is 440 g/mol. The highest BCUT2D eigenvalue weighted by molar-refractivity contribution is 14.1. The minimum absolute atomic E-state index is 0.0643. The molecular weight excluding hydrogens is 430 g/mol. The molecule has 3 rings (SSSR count). The number of hydrogen-bond donors (Lipinski definition) is 0.